The molecule has 0 amide bonds. The molecule has 0 bridgehead atoms. The molecule has 7 heteroatoms. The normalized spacial score (nSPS) is 10.1. The van der Waals surface area contributed by atoms with Crippen molar-refractivity contribution in [3.8, 4) is 0 Å². The highest BCUT2D eigenvalue weighted by molar-refractivity contribution is 5.91. The van der Waals surface area contributed by atoms with Gasteiger partial charge in [0.05, 0.1) is 13.2 Å². The summed E-state index contributed by atoms with van der Waals surface area (Å²) in [6.45, 7) is 0.841. The molecule has 0 saturated carbocycles. The van der Waals surface area contributed by atoms with E-state index in [0.717, 1.165) is 0 Å². The summed E-state index contributed by atoms with van der Waals surface area (Å²) < 4.78 is 19.3. The van der Waals surface area contributed by atoms with Crippen LogP contribution in [0, 0.1) is 0 Å². The summed E-state index contributed by atoms with van der Waals surface area (Å²) >= 11 is 0. The maximum absolute atomic E-state index is 11.6. The molecule has 0 aromatic carbocycles. The van der Waals surface area contributed by atoms with Crippen molar-refractivity contribution in [3.63, 3.8) is 0 Å². The van der Waals surface area contributed by atoms with Gasteiger partial charge in [0, 0.05) is 14.2 Å². The van der Waals surface area contributed by atoms with Crippen LogP contribution in [0.1, 0.15) is 21.0 Å². The Hall–Kier alpha value is -1.99. The summed E-state index contributed by atoms with van der Waals surface area (Å²) in [4.78, 5) is 27.2. The van der Waals surface area contributed by atoms with E-state index in [0.29, 0.717) is 13.2 Å². The standard InChI is InChI=1S/C13H17NO6/c1-17-6-8-19-12(15)10-4-3-5-11(14-10)13(16)20-9-7-18-2/h3-5H,6-9H2,1-2H3. The molecule has 0 atom stereocenters. The first-order valence-corrected chi connectivity index (χ1v) is 5.98. The highest BCUT2D eigenvalue weighted by atomic mass is 16.6. The van der Waals surface area contributed by atoms with Crippen LogP contribution in [0.4, 0.5) is 0 Å². The van der Waals surface area contributed by atoms with Crippen molar-refractivity contribution < 1.29 is 28.5 Å². The SMILES string of the molecule is COCCOC(=O)c1cccc(C(=O)OCCOC)n1. The van der Waals surface area contributed by atoms with E-state index in [2.05, 4.69) is 4.98 Å². The number of hydrogen-bond donors (Lipinski definition) is 0. The zero-order valence-corrected chi connectivity index (χ0v) is 11.5. The Kier molecular flexibility index (Phi) is 7.23. The Morgan fingerprint density at radius 1 is 0.900 bits per heavy atom. The zero-order valence-electron chi connectivity index (χ0n) is 11.5. The molecule has 0 aliphatic heterocycles. The molecule has 1 heterocycles. The van der Waals surface area contributed by atoms with Gasteiger partial charge in [-0.15, -0.1) is 0 Å². The third-order valence-electron chi connectivity index (χ3n) is 2.21. The molecule has 0 radical (unpaired) electrons. The number of nitrogens with zero attached hydrogens (tertiary/aromatic N) is 1. The molecule has 0 aliphatic rings. The minimum absolute atomic E-state index is 0.0438. The van der Waals surface area contributed by atoms with Crippen LogP contribution in [-0.4, -0.2) is 57.6 Å². The lowest BCUT2D eigenvalue weighted by Gasteiger charge is -2.06. The molecule has 0 spiro atoms. The number of carbonyl (C=O) groups is 2. The van der Waals surface area contributed by atoms with E-state index < -0.39 is 11.9 Å². The highest BCUT2D eigenvalue weighted by Gasteiger charge is 2.14. The number of aromatic nitrogens is 1. The van der Waals surface area contributed by atoms with Gasteiger partial charge in [0.25, 0.3) is 0 Å². The maximum atomic E-state index is 11.6. The van der Waals surface area contributed by atoms with Crippen LogP contribution in [0.15, 0.2) is 18.2 Å². The summed E-state index contributed by atoms with van der Waals surface area (Å²) in [6, 6.07) is 4.45. The second kappa shape index (κ2) is 9.00. The third-order valence-corrected chi connectivity index (χ3v) is 2.21. The molecule has 7 nitrogen and oxygen atoms in total. The lowest BCUT2D eigenvalue weighted by molar-refractivity contribution is 0.0372. The van der Waals surface area contributed by atoms with Gasteiger partial charge in [0.15, 0.2) is 0 Å². The minimum atomic E-state index is -0.617. The number of esters is 2. The zero-order chi connectivity index (χ0) is 14.8. The molecule has 20 heavy (non-hydrogen) atoms. The Bertz CT molecular complexity index is 411. The van der Waals surface area contributed by atoms with Crippen molar-refractivity contribution >= 4 is 11.9 Å². The Morgan fingerprint density at radius 2 is 1.35 bits per heavy atom. The summed E-state index contributed by atoms with van der Waals surface area (Å²) in [5.41, 5.74) is 0.0876. The lowest BCUT2D eigenvalue weighted by atomic mass is 10.3. The van der Waals surface area contributed by atoms with Crippen LogP contribution in [0.3, 0.4) is 0 Å². The third kappa shape index (κ3) is 5.33. The summed E-state index contributed by atoms with van der Waals surface area (Å²) in [5.74, 6) is -1.23. The van der Waals surface area contributed by atoms with Gasteiger partial charge in [-0.3, -0.25) is 0 Å². The van der Waals surface area contributed by atoms with Crippen LogP contribution in [0.2, 0.25) is 0 Å². The minimum Gasteiger partial charge on any atom is -0.459 e. The fourth-order valence-electron chi connectivity index (χ4n) is 1.25. The molecular formula is C13H17NO6. The fraction of sp³-hybridized carbons (Fsp3) is 0.462. The number of ether oxygens (including phenoxy) is 4. The summed E-state index contributed by atoms with van der Waals surface area (Å²) in [7, 11) is 3.01. The quantitative estimate of drug-likeness (QED) is 0.512. The van der Waals surface area contributed by atoms with E-state index in [1.807, 2.05) is 0 Å². The smallest absolute Gasteiger partial charge is 0.357 e. The van der Waals surface area contributed by atoms with Crippen molar-refractivity contribution in [3.05, 3.63) is 29.6 Å². The van der Waals surface area contributed by atoms with E-state index in [1.165, 1.54) is 32.4 Å². The Labute approximate surface area is 116 Å². The number of rotatable bonds is 8. The Morgan fingerprint density at radius 3 is 1.75 bits per heavy atom. The first kappa shape index (κ1) is 16.1. The van der Waals surface area contributed by atoms with Gasteiger partial charge < -0.3 is 18.9 Å². The summed E-state index contributed by atoms with van der Waals surface area (Å²) in [6.07, 6.45) is 0. The van der Waals surface area contributed by atoms with E-state index in [1.54, 1.807) is 0 Å². The molecule has 0 saturated heterocycles. The molecular weight excluding hydrogens is 266 g/mol. The Balaban J connectivity index is 2.60. The van der Waals surface area contributed by atoms with Gasteiger partial charge in [0.2, 0.25) is 0 Å². The second-order valence-electron chi connectivity index (χ2n) is 3.67. The second-order valence-corrected chi connectivity index (χ2v) is 3.67. The molecule has 0 fully saturated rings. The highest BCUT2D eigenvalue weighted by Crippen LogP contribution is 2.03. The van der Waals surface area contributed by atoms with Gasteiger partial charge in [-0.25, -0.2) is 14.6 Å². The molecule has 0 unspecified atom stereocenters. The molecule has 1 aromatic heterocycles. The van der Waals surface area contributed by atoms with Crippen molar-refractivity contribution in [2.24, 2.45) is 0 Å². The van der Waals surface area contributed by atoms with Crippen molar-refractivity contribution in [2.75, 3.05) is 40.6 Å². The van der Waals surface area contributed by atoms with Crippen molar-refractivity contribution in [1.82, 2.24) is 4.98 Å². The first-order valence-electron chi connectivity index (χ1n) is 5.98. The number of pyridine rings is 1. The van der Waals surface area contributed by atoms with Crippen LogP contribution in [-0.2, 0) is 18.9 Å². The van der Waals surface area contributed by atoms with Crippen LogP contribution in [0.5, 0.6) is 0 Å². The average molecular weight is 283 g/mol. The van der Waals surface area contributed by atoms with Crippen molar-refractivity contribution in [2.45, 2.75) is 0 Å². The van der Waals surface area contributed by atoms with Gasteiger partial charge in [-0.2, -0.15) is 0 Å². The molecule has 1 rings (SSSR count). The number of hydrogen-bond acceptors (Lipinski definition) is 7. The van der Waals surface area contributed by atoms with Crippen LogP contribution < -0.4 is 0 Å². The maximum Gasteiger partial charge on any atom is 0.357 e. The van der Waals surface area contributed by atoms with E-state index >= 15 is 0 Å². The number of methoxy groups -OCH3 is 2. The summed E-state index contributed by atoms with van der Waals surface area (Å²) in [5, 5.41) is 0. The first-order chi connectivity index (χ1) is 9.69. The topological polar surface area (TPSA) is 84.0 Å². The number of carbonyl (C=O) groups excluding carboxylic acids is 2. The molecule has 0 aliphatic carbocycles. The van der Waals surface area contributed by atoms with Gasteiger partial charge in [-0.05, 0) is 12.1 Å². The van der Waals surface area contributed by atoms with Gasteiger partial charge in [0.1, 0.15) is 24.6 Å². The lowest BCUT2D eigenvalue weighted by Crippen LogP contribution is -2.15. The predicted octanol–water partition coefficient (Wildman–Crippen LogP) is 0.688. The van der Waals surface area contributed by atoms with E-state index in [-0.39, 0.29) is 24.6 Å². The van der Waals surface area contributed by atoms with Gasteiger partial charge >= 0.3 is 11.9 Å². The van der Waals surface area contributed by atoms with E-state index in [9.17, 15) is 9.59 Å². The van der Waals surface area contributed by atoms with Crippen LogP contribution >= 0.6 is 0 Å². The molecule has 1 aromatic rings. The van der Waals surface area contributed by atoms with Gasteiger partial charge in [-0.1, -0.05) is 6.07 Å². The monoisotopic (exact) mass is 283 g/mol. The largest absolute Gasteiger partial charge is 0.459 e. The average Bonchev–Trinajstić information content (AvgIpc) is 2.47. The van der Waals surface area contributed by atoms with Crippen LogP contribution in [0.25, 0.3) is 0 Å². The van der Waals surface area contributed by atoms with E-state index in [4.69, 9.17) is 18.9 Å². The molecule has 110 valence electrons. The fourth-order valence-corrected chi connectivity index (χ4v) is 1.25. The van der Waals surface area contributed by atoms with Crippen molar-refractivity contribution in [1.29, 1.82) is 0 Å². The predicted molar refractivity (Wildman–Crippen MR) is 68.6 cm³/mol. The molecule has 0 N–H and O–H groups in total.